The summed E-state index contributed by atoms with van der Waals surface area (Å²) in [4.78, 5) is 0. The van der Waals surface area contributed by atoms with E-state index in [0.717, 1.165) is 16.7 Å². The summed E-state index contributed by atoms with van der Waals surface area (Å²) in [5, 5.41) is 0. The maximum Gasteiger partial charge on any atom is 0.331 e. The summed E-state index contributed by atoms with van der Waals surface area (Å²) in [7, 11) is -3.42. The second-order valence-electron chi connectivity index (χ2n) is 11.4. The molecule has 1 unspecified atom stereocenters. The standard InChI is InChI=1S/C34H46NO7P/c1-25(2)41-43(36,42-26(3)4)21-20-30-31(37-22-27-14-8-5-9-15-27)32(38-23-28-16-10-6-11-17-28)33(34(35)40-30)39-24-29-18-12-7-13-19-29/h5-19,25-26,30-34H,20-24,35H2,1-4H3/t30-,31-,32+,33+,34?/m1/s1. The molecule has 1 aliphatic heterocycles. The molecule has 43 heavy (non-hydrogen) atoms. The lowest BCUT2D eigenvalue weighted by atomic mass is 9.95. The van der Waals surface area contributed by atoms with E-state index in [4.69, 9.17) is 33.7 Å². The van der Waals surface area contributed by atoms with Crippen molar-refractivity contribution in [1.29, 1.82) is 0 Å². The first-order valence-electron chi connectivity index (χ1n) is 15.1. The van der Waals surface area contributed by atoms with Gasteiger partial charge in [0, 0.05) is 0 Å². The summed E-state index contributed by atoms with van der Waals surface area (Å²) in [6, 6.07) is 29.8. The Balaban J connectivity index is 1.60. The smallest absolute Gasteiger partial charge is 0.331 e. The van der Waals surface area contributed by atoms with E-state index in [-0.39, 0.29) is 18.4 Å². The van der Waals surface area contributed by atoms with Crippen molar-refractivity contribution in [3.8, 4) is 0 Å². The van der Waals surface area contributed by atoms with Gasteiger partial charge in [-0.1, -0.05) is 91.0 Å². The quantitative estimate of drug-likeness (QED) is 0.176. The fraction of sp³-hybridized carbons (Fsp3) is 0.471. The lowest BCUT2D eigenvalue weighted by Gasteiger charge is -2.45. The number of hydrogen-bond donors (Lipinski definition) is 1. The van der Waals surface area contributed by atoms with E-state index >= 15 is 0 Å². The maximum absolute atomic E-state index is 13.7. The molecule has 1 aliphatic rings. The molecule has 0 radical (unpaired) electrons. The molecular weight excluding hydrogens is 565 g/mol. The third-order valence-electron chi connectivity index (χ3n) is 6.96. The average Bonchev–Trinajstić information content (AvgIpc) is 2.98. The Morgan fingerprint density at radius 2 is 1.05 bits per heavy atom. The van der Waals surface area contributed by atoms with Crippen LogP contribution in [-0.2, 0) is 52.4 Å². The second-order valence-corrected chi connectivity index (χ2v) is 13.4. The molecule has 1 heterocycles. The zero-order chi connectivity index (χ0) is 30.7. The summed E-state index contributed by atoms with van der Waals surface area (Å²) in [5.41, 5.74) is 9.69. The van der Waals surface area contributed by atoms with Gasteiger partial charge in [-0.05, 0) is 50.8 Å². The Labute approximate surface area is 256 Å². The molecule has 3 aromatic carbocycles. The summed E-state index contributed by atoms with van der Waals surface area (Å²) in [5.74, 6) is 0. The van der Waals surface area contributed by atoms with Crippen LogP contribution in [0, 0.1) is 0 Å². The highest BCUT2D eigenvalue weighted by Gasteiger charge is 2.47. The van der Waals surface area contributed by atoms with Gasteiger partial charge < -0.3 is 33.7 Å². The largest absolute Gasteiger partial charge is 0.368 e. The van der Waals surface area contributed by atoms with Crippen LogP contribution in [-0.4, -0.2) is 49.0 Å². The molecule has 1 saturated heterocycles. The molecular formula is C34H46NO7P. The van der Waals surface area contributed by atoms with Crippen LogP contribution in [0.25, 0.3) is 0 Å². The van der Waals surface area contributed by atoms with Gasteiger partial charge in [0.2, 0.25) is 0 Å². The van der Waals surface area contributed by atoms with E-state index < -0.39 is 38.2 Å². The van der Waals surface area contributed by atoms with Gasteiger partial charge in [-0.2, -0.15) is 0 Å². The fourth-order valence-corrected chi connectivity index (χ4v) is 7.23. The van der Waals surface area contributed by atoms with Gasteiger partial charge in [-0.3, -0.25) is 4.57 Å². The monoisotopic (exact) mass is 611 g/mol. The zero-order valence-electron chi connectivity index (χ0n) is 25.6. The van der Waals surface area contributed by atoms with Crippen LogP contribution in [0.15, 0.2) is 91.0 Å². The van der Waals surface area contributed by atoms with Crippen molar-refractivity contribution in [2.24, 2.45) is 5.73 Å². The molecule has 0 bridgehead atoms. The van der Waals surface area contributed by atoms with Crippen molar-refractivity contribution in [3.05, 3.63) is 108 Å². The molecule has 4 rings (SSSR count). The molecule has 8 nitrogen and oxygen atoms in total. The van der Waals surface area contributed by atoms with Gasteiger partial charge in [-0.15, -0.1) is 0 Å². The minimum absolute atomic E-state index is 0.146. The molecule has 9 heteroatoms. The Morgan fingerprint density at radius 1 is 0.651 bits per heavy atom. The highest BCUT2D eigenvalue weighted by atomic mass is 31.2. The normalized spacial score (nSPS) is 22.7. The molecule has 2 N–H and O–H groups in total. The van der Waals surface area contributed by atoms with E-state index in [1.165, 1.54) is 0 Å². The van der Waals surface area contributed by atoms with Crippen LogP contribution in [0.4, 0.5) is 0 Å². The highest BCUT2D eigenvalue weighted by Crippen LogP contribution is 2.51. The van der Waals surface area contributed by atoms with E-state index in [1.807, 2.05) is 119 Å². The molecule has 0 aliphatic carbocycles. The Hall–Kier alpha value is -2.39. The van der Waals surface area contributed by atoms with Gasteiger partial charge in [0.25, 0.3) is 0 Å². The molecule has 0 amide bonds. The minimum atomic E-state index is -3.42. The van der Waals surface area contributed by atoms with Gasteiger partial charge in [-0.25, -0.2) is 0 Å². The molecule has 3 aromatic rings. The van der Waals surface area contributed by atoms with Gasteiger partial charge in [0.05, 0.1) is 44.3 Å². The first kappa shape index (κ1) is 33.5. The van der Waals surface area contributed by atoms with E-state index in [1.54, 1.807) is 0 Å². The van der Waals surface area contributed by atoms with Crippen molar-refractivity contribution < 1.29 is 32.6 Å². The molecule has 0 aromatic heterocycles. The third-order valence-corrected chi connectivity index (χ3v) is 9.25. The Morgan fingerprint density at radius 3 is 1.47 bits per heavy atom. The number of nitrogens with two attached hydrogens (primary N) is 1. The van der Waals surface area contributed by atoms with Gasteiger partial charge in [0.1, 0.15) is 24.5 Å². The predicted octanol–water partition coefficient (Wildman–Crippen LogP) is 6.86. The summed E-state index contributed by atoms with van der Waals surface area (Å²) in [6.45, 7) is 8.39. The number of rotatable bonds is 16. The van der Waals surface area contributed by atoms with Crippen LogP contribution < -0.4 is 5.73 Å². The summed E-state index contributed by atoms with van der Waals surface area (Å²) < 4.78 is 51.3. The Kier molecular flexibility index (Phi) is 12.9. The topological polar surface area (TPSA) is 98.5 Å². The van der Waals surface area contributed by atoms with Crippen LogP contribution in [0.3, 0.4) is 0 Å². The number of benzene rings is 3. The van der Waals surface area contributed by atoms with Gasteiger partial charge >= 0.3 is 7.60 Å². The SMILES string of the molecule is CC(C)OP(=O)(CC[C@H]1OC(N)[C@@H](OCc2ccccc2)[C@@H](OCc2ccccc2)[C@@H]1OCc1ccccc1)OC(C)C. The van der Waals surface area contributed by atoms with Crippen molar-refractivity contribution >= 4 is 7.60 Å². The molecule has 1 fully saturated rings. The van der Waals surface area contributed by atoms with Crippen LogP contribution in [0.5, 0.6) is 0 Å². The molecule has 0 spiro atoms. The lowest BCUT2D eigenvalue weighted by molar-refractivity contribution is -0.264. The van der Waals surface area contributed by atoms with E-state index in [2.05, 4.69) is 0 Å². The number of ether oxygens (including phenoxy) is 4. The molecule has 234 valence electrons. The Bertz CT molecular complexity index is 1230. The first-order chi connectivity index (χ1) is 20.7. The highest BCUT2D eigenvalue weighted by molar-refractivity contribution is 7.53. The molecule has 5 atom stereocenters. The minimum Gasteiger partial charge on any atom is -0.368 e. The van der Waals surface area contributed by atoms with E-state index in [9.17, 15) is 4.57 Å². The van der Waals surface area contributed by atoms with Crippen LogP contribution in [0.2, 0.25) is 0 Å². The third kappa shape index (κ3) is 10.6. The van der Waals surface area contributed by atoms with Crippen LogP contribution >= 0.6 is 7.60 Å². The lowest BCUT2D eigenvalue weighted by Crippen LogP contribution is -2.62. The van der Waals surface area contributed by atoms with E-state index in [0.29, 0.717) is 26.2 Å². The zero-order valence-corrected chi connectivity index (χ0v) is 26.5. The van der Waals surface area contributed by atoms with Crippen molar-refractivity contribution in [3.63, 3.8) is 0 Å². The second kappa shape index (κ2) is 16.6. The van der Waals surface area contributed by atoms with Gasteiger partial charge in [0.15, 0.2) is 0 Å². The fourth-order valence-electron chi connectivity index (χ4n) is 5.11. The maximum atomic E-state index is 13.7. The van der Waals surface area contributed by atoms with Crippen molar-refractivity contribution in [2.45, 2.75) is 96.8 Å². The summed E-state index contributed by atoms with van der Waals surface area (Å²) in [6.07, 6.45) is -3.16. The number of hydrogen-bond acceptors (Lipinski definition) is 8. The average molecular weight is 612 g/mol. The van der Waals surface area contributed by atoms with Crippen molar-refractivity contribution in [1.82, 2.24) is 0 Å². The molecule has 0 saturated carbocycles. The predicted molar refractivity (Wildman–Crippen MR) is 167 cm³/mol. The first-order valence-corrected chi connectivity index (χ1v) is 16.8. The van der Waals surface area contributed by atoms with Crippen LogP contribution in [0.1, 0.15) is 50.8 Å². The summed E-state index contributed by atoms with van der Waals surface area (Å²) >= 11 is 0. The van der Waals surface area contributed by atoms with Crippen molar-refractivity contribution in [2.75, 3.05) is 6.16 Å².